The van der Waals surface area contributed by atoms with Gasteiger partial charge in [0, 0.05) is 18.9 Å². The van der Waals surface area contributed by atoms with Gasteiger partial charge in [-0.3, -0.25) is 9.78 Å². The van der Waals surface area contributed by atoms with Crippen molar-refractivity contribution >= 4 is 5.91 Å². The minimum absolute atomic E-state index is 0.0948. The Morgan fingerprint density at radius 1 is 1.18 bits per heavy atom. The predicted octanol–water partition coefficient (Wildman–Crippen LogP) is 3.10. The Morgan fingerprint density at radius 2 is 1.95 bits per heavy atom. The number of nitrogens with one attached hydrogen (secondary N) is 1. The van der Waals surface area contributed by atoms with E-state index in [1.165, 1.54) is 0 Å². The molecule has 7 heteroatoms. The van der Waals surface area contributed by atoms with Crippen molar-refractivity contribution in [2.75, 3.05) is 0 Å². The van der Waals surface area contributed by atoms with Gasteiger partial charge in [-0.2, -0.15) is 13.2 Å². The van der Waals surface area contributed by atoms with Crippen molar-refractivity contribution in [2.24, 2.45) is 0 Å². The topological polar surface area (TPSA) is 42.0 Å². The summed E-state index contributed by atoms with van der Waals surface area (Å²) in [5.41, 5.74) is -0.506. The number of hydrogen-bond donors (Lipinski definition) is 1. The first-order valence-corrected chi connectivity index (χ1v) is 6.37. The van der Waals surface area contributed by atoms with E-state index < -0.39 is 23.5 Å². The average Bonchev–Trinajstić information content (AvgIpc) is 2.47. The average molecular weight is 312 g/mol. The second-order valence-corrected chi connectivity index (χ2v) is 4.63. The number of nitrogens with zero attached hydrogens (tertiary/aromatic N) is 1. The van der Waals surface area contributed by atoms with E-state index in [0.717, 1.165) is 11.6 Å². The fourth-order valence-corrected chi connectivity index (χ4v) is 1.85. The number of carbonyl (C=O) groups is 1. The molecule has 0 aliphatic carbocycles. The Hall–Kier alpha value is -2.44. The molecule has 0 aliphatic rings. The zero-order chi connectivity index (χ0) is 16.2. The van der Waals surface area contributed by atoms with E-state index >= 15 is 0 Å². The predicted molar refractivity (Wildman–Crippen MR) is 71.2 cm³/mol. The Balaban J connectivity index is 2.00. The largest absolute Gasteiger partial charge is 0.419 e. The molecule has 1 aromatic carbocycles. The lowest BCUT2D eigenvalue weighted by atomic mass is 10.1. The summed E-state index contributed by atoms with van der Waals surface area (Å²) >= 11 is 0. The van der Waals surface area contributed by atoms with E-state index in [2.05, 4.69) is 10.3 Å². The van der Waals surface area contributed by atoms with Crippen LogP contribution in [0.5, 0.6) is 0 Å². The second-order valence-electron chi connectivity index (χ2n) is 4.63. The van der Waals surface area contributed by atoms with Crippen LogP contribution in [0.25, 0.3) is 0 Å². The van der Waals surface area contributed by atoms with Crippen molar-refractivity contribution in [3.63, 3.8) is 0 Å². The number of amides is 1. The van der Waals surface area contributed by atoms with E-state index in [-0.39, 0.29) is 18.5 Å². The van der Waals surface area contributed by atoms with E-state index in [0.29, 0.717) is 12.1 Å². The number of pyridine rings is 1. The minimum Gasteiger partial charge on any atom is -0.352 e. The van der Waals surface area contributed by atoms with Gasteiger partial charge in [0.15, 0.2) is 0 Å². The smallest absolute Gasteiger partial charge is 0.352 e. The van der Waals surface area contributed by atoms with E-state index in [4.69, 9.17) is 0 Å². The van der Waals surface area contributed by atoms with Gasteiger partial charge >= 0.3 is 6.18 Å². The van der Waals surface area contributed by atoms with E-state index in [1.54, 1.807) is 24.5 Å². The quantitative estimate of drug-likeness (QED) is 0.882. The number of alkyl halides is 3. The van der Waals surface area contributed by atoms with Gasteiger partial charge in [-0.25, -0.2) is 4.39 Å². The number of hydrogen-bond acceptors (Lipinski definition) is 2. The van der Waals surface area contributed by atoms with Gasteiger partial charge in [0.2, 0.25) is 5.91 Å². The van der Waals surface area contributed by atoms with Gasteiger partial charge in [0.1, 0.15) is 5.82 Å². The molecular weight excluding hydrogens is 300 g/mol. The zero-order valence-electron chi connectivity index (χ0n) is 11.3. The van der Waals surface area contributed by atoms with Crippen molar-refractivity contribution in [2.45, 2.75) is 19.1 Å². The maximum absolute atomic E-state index is 13.1. The highest BCUT2D eigenvalue weighted by Crippen LogP contribution is 2.31. The summed E-state index contributed by atoms with van der Waals surface area (Å²) in [7, 11) is 0. The lowest BCUT2D eigenvalue weighted by molar-refractivity contribution is -0.140. The molecule has 1 amide bonds. The van der Waals surface area contributed by atoms with Gasteiger partial charge in [-0.1, -0.05) is 12.1 Å². The maximum atomic E-state index is 13.1. The van der Waals surface area contributed by atoms with E-state index in [1.807, 2.05) is 0 Å². The summed E-state index contributed by atoms with van der Waals surface area (Å²) in [5.74, 6) is -1.81. The summed E-state index contributed by atoms with van der Waals surface area (Å²) < 4.78 is 50.9. The normalized spacial score (nSPS) is 11.3. The molecular formula is C15H12F4N2O. The number of rotatable bonds is 4. The summed E-state index contributed by atoms with van der Waals surface area (Å²) in [6, 6.07) is 5.99. The first-order valence-electron chi connectivity index (χ1n) is 6.37. The number of benzene rings is 1. The molecule has 1 N–H and O–H groups in total. The molecule has 0 fully saturated rings. The first-order chi connectivity index (χ1) is 10.4. The highest BCUT2D eigenvalue weighted by molar-refractivity contribution is 5.78. The van der Waals surface area contributed by atoms with Crippen LogP contribution in [0, 0.1) is 5.82 Å². The maximum Gasteiger partial charge on any atom is 0.419 e. The first kappa shape index (κ1) is 15.9. The SMILES string of the molecule is O=C(Cc1ccc(F)c(C(F)(F)F)c1)NCc1cccnc1. The van der Waals surface area contributed by atoms with Crippen LogP contribution in [0.15, 0.2) is 42.7 Å². The lowest BCUT2D eigenvalue weighted by Crippen LogP contribution is -2.24. The van der Waals surface area contributed by atoms with Gasteiger partial charge < -0.3 is 5.32 Å². The molecule has 0 saturated heterocycles. The molecule has 22 heavy (non-hydrogen) atoms. The Morgan fingerprint density at radius 3 is 2.59 bits per heavy atom. The monoisotopic (exact) mass is 312 g/mol. The number of halogens is 4. The van der Waals surface area contributed by atoms with E-state index in [9.17, 15) is 22.4 Å². The molecule has 0 aliphatic heterocycles. The van der Waals surface area contributed by atoms with Crippen LogP contribution in [-0.2, 0) is 23.9 Å². The van der Waals surface area contributed by atoms with Gasteiger partial charge in [-0.05, 0) is 29.3 Å². The summed E-state index contributed by atoms with van der Waals surface area (Å²) in [6.45, 7) is 0.222. The lowest BCUT2D eigenvalue weighted by Gasteiger charge is -2.10. The summed E-state index contributed by atoms with van der Waals surface area (Å²) in [6.07, 6.45) is -1.89. The second kappa shape index (κ2) is 6.55. The van der Waals surface area contributed by atoms with Crippen LogP contribution in [0.1, 0.15) is 16.7 Å². The molecule has 0 radical (unpaired) electrons. The molecule has 0 saturated carbocycles. The highest BCUT2D eigenvalue weighted by atomic mass is 19.4. The molecule has 1 heterocycles. The van der Waals surface area contributed by atoms with Gasteiger partial charge in [0.05, 0.1) is 12.0 Å². The molecule has 2 aromatic rings. The van der Waals surface area contributed by atoms with Crippen LogP contribution >= 0.6 is 0 Å². The minimum atomic E-state index is -4.79. The Labute approximate surface area is 124 Å². The Kier molecular flexibility index (Phi) is 4.75. The highest BCUT2D eigenvalue weighted by Gasteiger charge is 2.34. The number of aromatic nitrogens is 1. The summed E-state index contributed by atoms with van der Waals surface area (Å²) in [5, 5.41) is 2.57. The van der Waals surface area contributed by atoms with Crippen LogP contribution in [0.2, 0.25) is 0 Å². The fraction of sp³-hybridized carbons (Fsp3) is 0.200. The van der Waals surface area contributed by atoms with Crippen molar-refractivity contribution in [1.82, 2.24) is 10.3 Å². The van der Waals surface area contributed by atoms with Crippen LogP contribution in [0.3, 0.4) is 0 Å². The van der Waals surface area contributed by atoms with Crippen LogP contribution < -0.4 is 5.32 Å². The molecule has 0 bridgehead atoms. The molecule has 3 nitrogen and oxygen atoms in total. The molecule has 2 rings (SSSR count). The van der Waals surface area contributed by atoms with Crippen LogP contribution in [-0.4, -0.2) is 10.9 Å². The third-order valence-corrected chi connectivity index (χ3v) is 2.91. The van der Waals surface area contributed by atoms with Crippen molar-refractivity contribution in [1.29, 1.82) is 0 Å². The molecule has 1 aromatic heterocycles. The van der Waals surface area contributed by atoms with Crippen molar-refractivity contribution in [3.05, 3.63) is 65.2 Å². The van der Waals surface area contributed by atoms with Crippen molar-refractivity contribution < 1.29 is 22.4 Å². The van der Waals surface area contributed by atoms with Gasteiger partial charge in [-0.15, -0.1) is 0 Å². The number of carbonyl (C=O) groups excluding carboxylic acids is 1. The molecule has 0 unspecified atom stereocenters. The molecule has 116 valence electrons. The molecule has 0 spiro atoms. The van der Waals surface area contributed by atoms with Crippen LogP contribution in [0.4, 0.5) is 17.6 Å². The Bertz CT molecular complexity index is 656. The summed E-state index contributed by atoms with van der Waals surface area (Å²) in [4.78, 5) is 15.6. The zero-order valence-corrected chi connectivity index (χ0v) is 11.3. The standard InChI is InChI=1S/C15H12F4N2O/c16-13-4-3-10(6-12(13)15(17,18)19)7-14(22)21-9-11-2-1-5-20-8-11/h1-6,8H,7,9H2,(H,21,22). The van der Waals surface area contributed by atoms with Gasteiger partial charge in [0.25, 0.3) is 0 Å². The fourth-order valence-electron chi connectivity index (χ4n) is 1.85. The van der Waals surface area contributed by atoms with Crippen molar-refractivity contribution in [3.8, 4) is 0 Å². The third-order valence-electron chi connectivity index (χ3n) is 2.91. The molecule has 0 atom stereocenters. The third kappa shape index (κ3) is 4.28.